The van der Waals surface area contributed by atoms with Crippen molar-refractivity contribution in [2.75, 3.05) is 27.3 Å². The van der Waals surface area contributed by atoms with E-state index in [9.17, 15) is 4.79 Å². The summed E-state index contributed by atoms with van der Waals surface area (Å²) in [4.78, 5) is 15.5. The molecule has 3 aromatic rings. The van der Waals surface area contributed by atoms with Crippen LogP contribution in [0, 0.1) is 13.8 Å². The summed E-state index contributed by atoms with van der Waals surface area (Å²) in [6.07, 6.45) is 0. The lowest BCUT2D eigenvalue weighted by Gasteiger charge is -2.21. The fraction of sp³-hybridized carbons (Fsp3) is 0.360. The highest BCUT2D eigenvalue weighted by Crippen LogP contribution is 2.35. The number of benzene rings is 2. The zero-order chi connectivity index (χ0) is 22.7. The summed E-state index contributed by atoms with van der Waals surface area (Å²) in [7, 11) is 3.26. The third-order valence-electron chi connectivity index (χ3n) is 6.06. The normalized spacial score (nSPS) is 18.5. The largest absolute Gasteiger partial charge is 0.493 e. The lowest BCUT2D eigenvalue weighted by Crippen LogP contribution is -2.40. The number of aromatic nitrogens is 1. The second-order valence-corrected chi connectivity index (χ2v) is 8.18. The van der Waals surface area contributed by atoms with Gasteiger partial charge in [0.15, 0.2) is 11.5 Å². The first-order valence-electron chi connectivity index (χ1n) is 10.7. The molecule has 4 rings (SSSR count). The molecule has 0 saturated carbocycles. The van der Waals surface area contributed by atoms with Crippen LogP contribution in [0.1, 0.15) is 38.9 Å². The van der Waals surface area contributed by atoms with Crippen molar-refractivity contribution in [2.24, 2.45) is 0 Å². The molecule has 2 atom stereocenters. The molecule has 0 aliphatic carbocycles. The number of ether oxygens (including phenoxy) is 2. The van der Waals surface area contributed by atoms with Gasteiger partial charge in [-0.2, -0.15) is 0 Å². The number of nitrogens with one attached hydrogen (secondary N) is 1. The van der Waals surface area contributed by atoms with E-state index in [4.69, 9.17) is 14.0 Å². The molecule has 0 spiro atoms. The van der Waals surface area contributed by atoms with E-state index in [1.54, 1.807) is 28.1 Å². The van der Waals surface area contributed by atoms with Crippen LogP contribution in [0.3, 0.4) is 0 Å². The number of methoxy groups -OCH3 is 2. The van der Waals surface area contributed by atoms with Crippen molar-refractivity contribution >= 4 is 5.91 Å². The van der Waals surface area contributed by atoms with Gasteiger partial charge >= 0.3 is 0 Å². The molecule has 1 aliphatic heterocycles. The number of rotatable bonds is 7. The molecule has 1 fully saturated rings. The SMILES string of the molecule is COc1ccc([C@H]2CN(Cc3ccccc3)C[C@@H]2NC(=O)c2c(C)noc2C)cc1OC. The summed E-state index contributed by atoms with van der Waals surface area (Å²) in [5.74, 6) is 1.84. The van der Waals surface area contributed by atoms with E-state index in [2.05, 4.69) is 27.5 Å². The maximum Gasteiger partial charge on any atom is 0.257 e. The fourth-order valence-corrected chi connectivity index (χ4v) is 4.47. The number of nitrogens with zero attached hydrogens (tertiary/aromatic N) is 2. The summed E-state index contributed by atoms with van der Waals surface area (Å²) >= 11 is 0. The highest BCUT2D eigenvalue weighted by Gasteiger charge is 2.36. The Morgan fingerprint density at radius 2 is 1.84 bits per heavy atom. The van der Waals surface area contributed by atoms with Crippen molar-refractivity contribution in [3.05, 3.63) is 76.7 Å². The van der Waals surface area contributed by atoms with Gasteiger partial charge in [0.1, 0.15) is 11.3 Å². The molecule has 1 amide bonds. The first kappa shape index (κ1) is 21.9. The zero-order valence-corrected chi connectivity index (χ0v) is 18.9. The van der Waals surface area contributed by atoms with Crippen molar-refractivity contribution in [3.8, 4) is 11.5 Å². The monoisotopic (exact) mass is 435 g/mol. The highest BCUT2D eigenvalue weighted by atomic mass is 16.5. The molecule has 168 valence electrons. The first-order valence-corrected chi connectivity index (χ1v) is 10.7. The van der Waals surface area contributed by atoms with E-state index in [0.29, 0.717) is 28.5 Å². The molecule has 7 heteroatoms. The number of amides is 1. The van der Waals surface area contributed by atoms with Crippen LogP contribution in [0.4, 0.5) is 0 Å². The van der Waals surface area contributed by atoms with E-state index in [-0.39, 0.29) is 17.9 Å². The molecule has 0 radical (unpaired) electrons. The molecule has 1 N–H and O–H groups in total. The minimum absolute atomic E-state index is 0.0713. The number of aryl methyl sites for hydroxylation is 2. The highest BCUT2D eigenvalue weighted by molar-refractivity contribution is 5.96. The van der Waals surface area contributed by atoms with Gasteiger partial charge in [-0.3, -0.25) is 9.69 Å². The van der Waals surface area contributed by atoms with Crippen molar-refractivity contribution in [1.82, 2.24) is 15.4 Å². The van der Waals surface area contributed by atoms with Crippen LogP contribution in [0.15, 0.2) is 53.1 Å². The first-order chi connectivity index (χ1) is 15.5. The minimum Gasteiger partial charge on any atom is -0.493 e. The topological polar surface area (TPSA) is 76.8 Å². The summed E-state index contributed by atoms with van der Waals surface area (Å²) in [5.41, 5.74) is 3.46. The molecular weight excluding hydrogens is 406 g/mol. The Hall–Kier alpha value is -3.32. The average Bonchev–Trinajstić information content (AvgIpc) is 3.35. The van der Waals surface area contributed by atoms with Gasteiger partial charge in [0.25, 0.3) is 5.91 Å². The molecule has 2 aromatic carbocycles. The van der Waals surface area contributed by atoms with Crippen molar-refractivity contribution < 1.29 is 18.8 Å². The van der Waals surface area contributed by atoms with Crippen LogP contribution in [0.25, 0.3) is 0 Å². The van der Waals surface area contributed by atoms with E-state index >= 15 is 0 Å². The Morgan fingerprint density at radius 1 is 1.09 bits per heavy atom. The predicted molar refractivity (Wildman–Crippen MR) is 121 cm³/mol. The lowest BCUT2D eigenvalue weighted by molar-refractivity contribution is 0.0933. The van der Waals surface area contributed by atoms with Crippen LogP contribution < -0.4 is 14.8 Å². The number of hydrogen-bond acceptors (Lipinski definition) is 6. The van der Waals surface area contributed by atoms with Gasteiger partial charge in [-0.05, 0) is 37.1 Å². The van der Waals surface area contributed by atoms with E-state index in [1.807, 2.05) is 36.4 Å². The van der Waals surface area contributed by atoms with Gasteiger partial charge in [0.2, 0.25) is 0 Å². The van der Waals surface area contributed by atoms with Crippen molar-refractivity contribution in [2.45, 2.75) is 32.4 Å². The Balaban J connectivity index is 1.60. The quantitative estimate of drug-likeness (QED) is 0.610. The second-order valence-electron chi connectivity index (χ2n) is 8.18. The third kappa shape index (κ3) is 4.48. The molecule has 32 heavy (non-hydrogen) atoms. The average molecular weight is 436 g/mol. The van der Waals surface area contributed by atoms with Crippen molar-refractivity contribution in [1.29, 1.82) is 0 Å². The van der Waals surface area contributed by atoms with Crippen LogP contribution in [-0.4, -0.2) is 49.3 Å². The molecule has 1 saturated heterocycles. The van der Waals surface area contributed by atoms with Crippen LogP contribution >= 0.6 is 0 Å². The van der Waals surface area contributed by atoms with Gasteiger partial charge in [-0.15, -0.1) is 0 Å². The maximum atomic E-state index is 13.1. The van der Waals surface area contributed by atoms with Gasteiger partial charge < -0.3 is 19.3 Å². The minimum atomic E-state index is -0.154. The van der Waals surface area contributed by atoms with Crippen LogP contribution in [-0.2, 0) is 6.54 Å². The summed E-state index contributed by atoms with van der Waals surface area (Å²) in [6, 6.07) is 16.3. The second kappa shape index (κ2) is 9.44. The third-order valence-corrected chi connectivity index (χ3v) is 6.06. The number of likely N-dealkylation sites (tertiary alicyclic amines) is 1. The molecule has 0 unspecified atom stereocenters. The Labute approximate surface area is 188 Å². The smallest absolute Gasteiger partial charge is 0.257 e. The van der Waals surface area contributed by atoms with E-state index in [0.717, 1.165) is 25.2 Å². The van der Waals surface area contributed by atoms with Gasteiger partial charge in [-0.25, -0.2) is 0 Å². The summed E-state index contributed by atoms with van der Waals surface area (Å²) < 4.78 is 16.1. The number of hydrogen-bond donors (Lipinski definition) is 1. The summed E-state index contributed by atoms with van der Waals surface area (Å²) in [6.45, 7) is 5.92. The molecular formula is C25H29N3O4. The zero-order valence-electron chi connectivity index (χ0n) is 18.9. The fourth-order valence-electron chi connectivity index (χ4n) is 4.47. The van der Waals surface area contributed by atoms with Gasteiger partial charge in [0.05, 0.1) is 19.9 Å². The van der Waals surface area contributed by atoms with E-state index in [1.165, 1.54) is 5.56 Å². The Kier molecular flexibility index (Phi) is 6.46. The van der Waals surface area contributed by atoms with Gasteiger partial charge in [-0.1, -0.05) is 41.6 Å². The van der Waals surface area contributed by atoms with E-state index < -0.39 is 0 Å². The Morgan fingerprint density at radius 3 is 2.50 bits per heavy atom. The molecule has 0 bridgehead atoms. The standard InChI is InChI=1S/C25H29N3O4/c1-16-24(17(2)32-27-16)25(29)26-21-15-28(13-18-8-6-5-7-9-18)14-20(21)19-10-11-22(30-3)23(12-19)31-4/h5-12,20-21H,13-15H2,1-4H3,(H,26,29)/t20-,21+/m1/s1. The molecule has 2 heterocycles. The van der Waals surface area contributed by atoms with Crippen molar-refractivity contribution in [3.63, 3.8) is 0 Å². The lowest BCUT2D eigenvalue weighted by atomic mass is 9.93. The van der Waals surface area contributed by atoms with Crippen LogP contribution in [0.5, 0.6) is 11.5 Å². The number of carbonyl (C=O) groups is 1. The molecule has 7 nitrogen and oxygen atoms in total. The molecule has 1 aliphatic rings. The summed E-state index contributed by atoms with van der Waals surface area (Å²) in [5, 5.41) is 7.17. The maximum absolute atomic E-state index is 13.1. The molecule has 1 aromatic heterocycles. The van der Waals surface area contributed by atoms with Gasteiger partial charge in [0, 0.05) is 31.6 Å². The Bertz CT molecular complexity index is 1060. The predicted octanol–water partition coefficient (Wildman–Crippen LogP) is 3.71. The number of carbonyl (C=O) groups excluding carboxylic acids is 1. The van der Waals surface area contributed by atoms with Crippen LogP contribution in [0.2, 0.25) is 0 Å².